The van der Waals surface area contributed by atoms with Crippen molar-refractivity contribution in [2.75, 3.05) is 18.9 Å². The van der Waals surface area contributed by atoms with E-state index in [4.69, 9.17) is 15.5 Å². The number of imidazole rings is 1. The second-order valence-electron chi connectivity index (χ2n) is 5.88. The van der Waals surface area contributed by atoms with E-state index in [0.717, 1.165) is 37.6 Å². The summed E-state index contributed by atoms with van der Waals surface area (Å²) in [6.07, 6.45) is 4.63. The molecule has 1 aliphatic heterocycles. The molecule has 2 N–H and O–H groups in total. The van der Waals surface area contributed by atoms with Gasteiger partial charge in [-0.25, -0.2) is 4.98 Å². The van der Waals surface area contributed by atoms with E-state index in [9.17, 15) is 0 Å². The van der Waals surface area contributed by atoms with Gasteiger partial charge in [0.2, 0.25) is 0 Å². The quantitative estimate of drug-likeness (QED) is 0.896. The summed E-state index contributed by atoms with van der Waals surface area (Å²) in [6, 6.07) is 0.614. The fourth-order valence-corrected chi connectivity index (χ4v) is 2.88. The molecule has 4 heteroatoms. The molecule has 0 radical (unpaired) electrons. The number of anilines is 1. The topological polar surface area (TPSA) is 53.1 Å². The molecule has 1 saturated heterocycles. The average molecular weight is 249 g/mol. The summed E-state index contributed by atoms with van der Waals surface area (Å²) in [5.41, 5.74) is 7.51. The normalized spacial score (nSPS) is 21.7. The summed E-state index contributed by atoms with van der Waals surface area (Å²) in [6.45, 7) is 6.09. The van der Waals surface area contributed by atoms with Crippen LogP contribution in [0.15, 0.2) is 0 Å². The van der Waals surface area contributed by atoms with Gasteiger partial charge in [0.25, 0.3) is 0 Å². The van der Waals surface area contributed by atoms with Crippen LogP contribution in [0.4, 0.5) is 5.82 Å². The molecule has 0 aromatic carbocycles. The van der Waals surface area contributed by atoms with Crippen molar-refractivity contribution in [3.63, 3.8) is 0 Å². The first kappa shape index (κ1) is 12.0. The van der Waals surface area contributed by atoms with Crippen molar-refractivity contribution in [1.82, 2.24) is 9.55 Å². The Morgan fingerprint density at radius 1 is 1.22 bits per heavy atom. The standard InChI is InChI=1S/C14H23N3O/c1-9(2)14-16-12(10-5-7-18-8-6-10)13(15)17(14)11-3-4-11/h9-11H,3-8,15H2,1-2H3. The Labute approximate surface area is 109 Å². The maximum Gasteiger partial charge on any atom is 0.127 e. The zero-order chi connectivity index (χ0) is 12.7. The van der Waals surface area contributed by atoms with E-state index in [-0.39, 0.29) is 0 Å². The van der Waals surface area contributed by atoms with Gasteiger partial charge in [0.1, 0.15) is 11.6 Å². The molecule has 1 aromatic heterocycles. The lowest BCUT2D eigenvalue weighted by molar-refractivity contribution is 0.0847. The number of aromatic nitrogens is 2. The third-order valence-electron chi connectivity index (χ3n) is 4.04. The number of hydrogen-bond acceptors (Lipinski definition) is 3. The van der Waals surface area contributed by atoms with E-state index >= 15 is 0 Å². The maximum atomic E-state index is 6.37. The van der Waals surface area contributed by atoms with Gasteiger partial charge in [0.05, 0.1) is 5.69 Å². The van der Waals surface area contributed by atoms with Gasteiger partial charge in [-0.2, -0.15) is 0 Å². The molecule has 0 atom stereocenters. The van der Waals surface area contributed by atoms with E-state index in [1.165, 1.54) is 18.7 Å². The summed E-state index contributed by atoms with van der Waals surface area (Å²) < 4.78 is 7.73. The van der Waals surface area contributed by atoms with Crippen molar-refractivity contribution in [3.8, 4) is 0 Å². The highest BCUT2D eigenvalue weighted by atomic mass is 16.5. The Kier molecular flexibility index (Phi) is 3.06. The number of nitrogens with zero attached hydrogens (tertiary/aromatic N) is 2. The van der Waals surface area contributed by atoms with Crippen molar-refractivity contribution < 1.29 is 4.74 Å². The first-order chi connectivity index (χ1) is 8.68. The second-order valence-corrected chi connectivity index (χ2v) is 5.88. The van der Waals surface area contributed by atoms with Crippen LogP contribution in [-0.4, -0.2) is 22.8 Å². The zero-order valence-electron chi connectivity index (χ0n) is 11.4. The Balaban J connectivity index is 1.96. The second kappa shape index (κ2) is 4.57. The maximum absolute atomic E-state index is 6.37. The van der Waals surface area contributed by atoms with E-state index in [1.807, 2.05) is 0 Å². The van der Waals surface area contributed by atoms with Crippen LogP contribution in [0.2, 0.25) is 0 Å². The van der Waals surface area contributed by atoms with Crippen LogP contribution >= 0.6 is 0 Å². The number of nitrogens with two attached hydrogens (primary N) is 1. The molecule has 0 amide bonds. The molecule has 2 aliphatic rings. The molecule has 1 saturated carbocycles. The lowest BCUT2D eigenvalue weighted by Gasteiger charge is -2.20. The van der Waals surface area contributed by atoms with Crippen molar-refractivity contribution in [3.05, 3.63) is 11.5 Å². The van der Waals surface area contributed by atoms with Gasteiger partial charge in [0.15, 0.2) is 0 Å². The van der Waals surface area contributed by atoms with Gasteiger partial charge in [-0.15, -0.1) is 0 Å². The predicted molar refractivity (Wildman–Crippen MR) is 71.8 cm³/mol. The summed E-state index contributed by atoms with van der Waals surface area (Å²) in [5, 5.41) is 0. The monoisotopic (exact) mass is 249 g/mol. The summed E-state index contributed by atoms with van der Waals surface area (Å²) in [7, 11) is 0. The van der Waals surface area contributed by atoms with Crippen LogP contribution in [0, 0.1) is 0 Å². The summed E-state index contributed by atoms with van der Waals surface area (Å²) >= 11 is 0. The average Bonchev–Trinajstić information content (AvgIpc) is 3.14. The molecule has 2 heterocycles. The minimum absolute atomic E-state index is 0.446. The molecule has 0 bridgehead atoms. The highest BCUT2D eigenvalue weighted by Crippen LogP contribution is 2.42. The van der Waals surface area contributed by atoms with Crippen LogP contribution in [0.3, 0.4) is 0 Å². The van der Waals surface area contributed by atoms with E-state index in [0.29, 0.717) is 17.9 Å². The largest absolute Gasteiger partial charge is 0.384 e. The van der Waals surface area contributed by atoms with Crippen LogP contribution in [0.5, 0.6) is 0 Å². The Morgan fingerprint density at radius 3 is 2.44 bits per heavy atom. The van der Waals surface area contributed by atoms with Crippen LogP contribution in [0.1, 0.15) is 68.9 Å². The lowest BCUT2D eigenvalue weighted by atomic mass is 9.96. The lowest BCUT2D eigenvalue weighted by Crippen LogP contribution is -2.15. The molecule has 0 spiro atoms. The minimum atomic E-state index is 0.446. The molecule has 1 aliphatic carbocycles. The molecule has 18 heavy (non-hydrogen) atoms. The first-order valence-corrected chi connectivity index (χ1v) is 7.13. The Hall–Kier alpha value is -1.03. The van der Waals surface area contributed by atoms with Crippen LogP contribution < -0.4 is 5.73 Å². The van der Waals surface area contributed by atoms with Crippen molar-refractivity contribution in [2.45, 2.75) is 57.4 Å². The van der Waals surface area contributed by atoms with Gasteiger partial charge in [0, 0.05) is 31.1 Å². The minimum Gasteiger partial charge on any atom is -0.384 e. The molecule has 0 unspecified atom stereocenters. The van der Waals surface area contributed by atoms with Crippen molar-refractivity contribution in [2.24, 2.45) is 0 Å². The molecule has 100 valence electrons. The number of ether oxygens (including phenoxy) is 1. The molecule has 3 rings (SSSR count). The van der Waals surface area contributed by atoms with Gasteiger partial charge < -0.3 is 15.0 Å². The highest BCUT2D eigenvalue weighted by molar-refractivity contribution is 5.42. The van der Waals surface area contributed by atoms with Gasteiger partial charge >= 0.3 is 0 Å². The molecular weight excluding hydrogens is 226 g/mol. The molecule has 1 aromatic rings. The predicted octanol–water partition coefficient (Wildman–Crippen LogP) is 2.82. The third kappa shape index (κ3) is 2.03. The van der Waals surface area contributed by atoms with Gasteiger partial charge in [-0.05, 0) is 25.7 Å². The molecular formula is C14H23N3O. The molecule has 4 nitrogen and oxygen atoms in total. The first-order valence-electron chi connectivity index (χ1n) is 7.13. The van der Waals surface area contributed by atoms with E-state index in [2.05, 4.69) is 18.4 Å². The zero-order valence-corrected chi connectivity index (χ0v) is 11.4. The Bertz CT molecular complexity index is 428. The summed E-state index contributed by atoms with van der Waals surface area (Å²) in [4.78, 5) is 4.88. The smallest absolute Gasteiger partial charge is 0.127 e. The third-order valence-corrected chi connectivity index (χ3v) is 4.04. The van der Waals surface area contributed by atoms with E-state index < -0.39 is 0 Å². The number of rotatable bonds is 3. The molecule has 2 fully saturated rings. The van der Waals surface area contributed by atoms with Crippen LogP contribution in [0.25, 0.3) is 0 Å². The van der Waals surface area contributed by atoms with E-state index in [1.54, 1.807) is 0 Å². The Morgan fingerprint density at radius 2 is 1.89 bits per heavy atom. The fourth-order valence-electron chi connectivity index (χ4n) is 2.88. The number of nitrogen functional groups attached to an aromatic ring is 1. The summed E-state index contributed by atoms with van der Waals surface area (Å²) in [5.74, 6) is 3.04. The van der Waals surface area contributed by atoms with Gasteiger partial charge in [-0.3, -0.25) is 0 Å². The SMILES string of the molecule is CC(C)c1nc(C2CCOCC2)c(N)n1C1CC1. The van der Waals surface area contributed by atoms with Crippen LogP contribution in [-0.2, 0) is 4.74 Å². The fraction of sp³-hybridized carbons (Fsp3) is 0.786. The van der Waals surface area contributed by atoms with Gasteiger partial charge in [-0.1, -0.05) is 13.8 Å². The highest BCUT2D eigenvalue weighted by Gasteiger charge is 2.32. The van der Waals surface area contributed by atoms with Crippen molar-refractivity contribution in [1.29, 1.82) is 0 Å². The number of hydrogen-bond donors (Lipinski definition) is 1. The van der Waals surface area contributed by atoms with Crippen molar-refractivity contribution >= 4 is 5.82 Å².